The van der Waals surface area contributed by atoms with Gasteiger partial charge in [0.1, 0.15) is 18.1 Å². The van der Waals surface area contributed by atoms with E-state index in [4.69, 9.17) is 23.4 Å². The summed E-state index contributed by atoms with van der Waals surface area (Å²) in [6.45, 7) is 2.52. The monoisotopic (exact) mass is 598 g/mol. The Morgan fingerprint density at radius 2 is 1.92 bits per heavy atom. The van der Waals surface area contributed by atoms with E-state index in [0.717, 1.165) is 10.5 Å². The Morgan fingerprint density at radius 3 is 2.72 bits per heavy atom. The Kier molecular flexibility index (Phi) is 7.46. The van der Waals surface area contributed by atoms with Crippen LogP contribution in [0.4, 0.5) is 4.79 Å². The van der Waals surface area contributed by atoms with Crippen molar-refractivity contribution in [3.63, 3.8) is 0 Å². The summed E-state index contributed by atoms with van der Waals surface area (Å²) in [6.07, 6.45) is 1.54. The number of fused-ring (bicyclic) bond motifs is 1. The van der Waals surface area contributed by atoms with E-state index < -0.39 is 17.9 Å². The SMILES string of the molecule is CCOc1cc(/C=C2\NC(=O)N(Cc3ccc(C(=O)OC)o3)C2=O)cc(Br)c1OCc1ccc2c(c1)OCO2. The second-order valence-corrected chi connectivity index (χ2v) is 9.23. The van der Waals surface area contributed by atoms with Gasteiger partial charge in [0.15, 0.2) is 23.0 Å². The summed E-state index contributed by atoms with van der Waals surface area (Å²) in [5.74, 6) is 1.32. The molecule has 1 N–H and O–H groups in total. The molecule has 0 spiro atoms. The first-order valence-corrected chi connectivity index (χ1v) is 12.6. The number of nitrogens with one attached hydrogen (secondary N) is 1. The second kappa shape index (κ2) is 11.1. The second-order valence-electron chi connectivity index (χ2n) is 8.38. The van der Waals surface area contributed by atoms with Crippen molar-refractivity contribution in [2.45, 2.75) is 20.1 Å². The molecule has 0 atom stereocenters. The van der Waals surface area contributed by atoms with Gasteiger partial charge < -0.3 is 33.4 Å². The maximum atomic E-state index is 13.0. The van der Waals surface area contributed by atoms with Crippen LogP contribution in [0.15, 0.2) is 57.1 Å². The third kappa shape index (κ3) is 5.55. The fourth-order valence-electron chi connectivity index (χ4n) is 3.97. The lowest BCUT2D eigenvalue weighted by Gasteiger charge is -2.15. The largest absolute Gasteiger partial charge is 0.490 e. The molecule has 2 aliphatic heterocycles. The number of methoxy groups -OCH3 is 1. The summed E-state index contributed by atoms with van der Waals surface area (Å²) in [7, 11) is 1.23. The number of furan rings is 1. The van der Waals surface area contributed by atoms with Gasteiger partial charge in [-0.15, -0.1) is 0 Å². The van der Waals surface area contributed by atoms with Crippen LogP contribution in [0.25, 0.3) is 6.08 Å². The number of esters is 1. The van der Waals surface area contributed by atoms with Crippen LogP contribution >= 0.6 is 15.9 Å². The molecule has 0 unspecified atom stereocenters. The van der Waals surface area contributed by atoms with Crippen molar-refractivity contribution in [1.29, 1.82) is 0 Å². The van der Waals surface area contributed by atoms with Gasteiger partial charge in [0.2, 0.25) is 12.6 Å². The highest BCUT2D eigenvalue weighted by Crippen LogP contribution is 2.39. The number of halogens is 1. The van der Waals surface area contributed by atoms with Gasteiger partial charge in [-0.25, -0.2) is 9.59 Å². The average molecular weight is 599 g/mol. The molecule has 39 heavy (non-hydrogen) atoms. The van der Waals surface area contributed by atoms with Crippen LogP contribution < -0.4 is 24.3 Å². The van der Waals surface area contributed by atoms with Gasteiger partial charge >= 0.3 is 12.0 Å². The van der Waals surface area contributed by atoms with E-state index in [2.05, 4.69) is 26.0 Å². The molecule has 1 aromatic heterocycles. The van der Waals surface area contributed by atoms with Crippen LogP contribution in [0.3, 0.4) is 0 Å². The summed E-state index contributed by atoms with van der Waals surface area (Å²) in [5, 5.41) is 2.57. The Labute approximate surface area is 231 Å². The number of rotatable bonds is 9. The van der Waals surface area contributed by atoms with Gasteiger partial charge in [-0.1, -0.05) is 6.07 Å². The molecule has 0 aliphatic carbocycles. The summed E-state index contributed by atoms with van der Waals surface area (Å²) in [5.41, 5.74) is 1.55. The topological polar surface area (TPSA) is 126 Å². The Bertz CT molecular complexity index is 1480. The standard InChI is InChI=1S/C27H23BrN2O9/c1-3-35-23-11-16(8-18(28)24(23)36-13-15-4-6-20-22(10-15)38-14-37-20)9-19-25(31)30(27(33)29-19)12-17-5-7-21(39-17)26(32)34-2/h4-11H,3,12-14H2,1-2H3,(H,29,33)/b19-9-. The van der Waals surface area contributed by atoms with Crippen molar-refractivity contribution in [2.24, 2.45) is 0 Å². The van der Waals surface area contributed by atoms with Crippen LogP contribution in [-0.2, 0) is 22.7 Å². The molecule has 11 nitrogen and oxygen atoms in total. The van der Waals surface area contributed by atoms with Crippen LogP contribution in [-0.4, -0.2) is 43.3 Å². The van der Waals surface area contributed by atoms with E-state index in [-0.39, 0.29) is 37.2 Å². The molecule has 202 valence electrons. The smallest absolute Gasteiger partial charge is 0.373 e. The average Bonchev–Trinajstić information content (AvgIpc) is 3.64. The summed E-state index contributed by atoms with van der Waals surface area (Å²) in [6, 6.07) is 11.3. The highest BCUT2D eigenvalue weighted by atomic mass is 79.9. The van der Waals surface area contributed by atoms with Gasteiger partial charge in [0, 0.05) is 0 Å². The van der Waals surface area contributed by atoms with Crippen molar-refractivity contribution < 1.29 is 42.5 Å². The molecule has 1 fully saturated rings. The van der Waals surface area contributed by atoms with Crippen LogP contribution in [0.5, 0.6) is 23.0 Å². The zero-order valence-corrected chi connectivity index (χ0v) is 22.5. The lowest BCUT2D eigenvalue weighted by atomic mass is 10.1. The summed E-state index contributed by atoms with van der Waals surface area (Å²) < 4.78 is 33.2. The molecule has 0 radical (unpaired) electrons. The number of nitrogens with zero attached hydrogens (tertiary/aromatic N) is 1. The molecule has 0 bridgehead atoms. The maximum absolute atomic E-state index is 13.0. The summed E-state index contributed by atoms with van der Waals surface area (Å²) >= 11 is 3.53. The minimum Gasteiger partial charge on any atom is -0.490 e. The van der Waals surface area contributed by atoms with Gasteiger partial charge in [0.25, 0.3) is 5.91 Å². The van der Waals surface area contributed by atoms with E-state index in [1.54, 1.807) is 12.1 Å². The number of carbonyl (C=O) groups is 3. The normalized spacial score (nSPS) is 15.1. The Balaban J connectivity index is 1.32. The van der Waals surface area contributed by atoms with Crippen molar-refractivity contribution in [3.8, 4) is 23.0 Å². The van der Waals surface area contributed by atoms with Gasteiger partial charge in [-0.05, 0) is 76.5 Å². The summed E-state index contributed by atoms with van der Waals surface area (Å²) in [4.78, 5) is 38.1. The number of carbonyl (C=O) groups excluding carboxylic acids is 3. The first-order valence-electron chi connectivity index (χ1n) is 11.9. The van der Waals surface area contributed by atoms with E-state index in [1.807, 2.05) is 25.1 Å². The molecule has 3 amide bonds. The van der Waals surface area contributed by atoms with E-state index in [0.29, 0.717) is 39.6 Å². The van der Waals surface area contributed by atoms with Crippen LogP contribution in [0, 0.1) is 0 Å². The molecule has 1 saturated heterocycles. The molecule has 12 heteroatoms. The Morgan fingerprint density at radius 1 is 1.10 bits per heavy atom. The molecule has 2 aromatic carbocycles. The molecule has 3 aromatic rings. The zero-order valence-electron chi connectivity index (χ0n) is 20.9. The van der Waals surface area contributed by atoms with Crippen LogP contribution in [0.1, 0.15) is 34.4 Å². The van der Waals surface area contributed by atoms with Gasteiger partial charge in [-0.2, -0.15) is 0 Å². The molecule has 2 aliphatic rings. The first kappa shape index (κ1) is 26.2. The van der Waals surface area contributed by atoms with Gasteiger partial charge in [0.05, 0.1) is 24.7 Å². The fraction of sp³-hybridized carbons (Fsp3) is 0.222. The van der Waals surface area contributed by atoms with Crippen molar-refractivity contribution >= 4 is 39.9 Å². The third-order valence-electron chi connectivity index (χ3n) is 5.79. The van der Waals surface area contributed by atoms with E-state index in [1.165, 1.54) is 25.3 Å². The number of amides is 3. The quantitative estimate of drug-likeness (QED) is 0.213. The maximum Gasteiger partial charge on any atom is 0.373 e. The van der Waals surface area contributed by atoms with Crippen LogP contribution in [0.2, 0.25) is 0 Å². The molecule has 3 heterocycles. The highest BCUT2D eigenvalue weighted by Gasteiger charge is 2.34. The number of urea groups is 1. The predicted octanol–water partition coefficient (Wildman–Crippen LogP) is 4.63. The minimum absolute atomic E-state index is 0.0237. The molecule has 0 saturated carbocycles. The number of hydrogen-bond donors (Lipinski definition) is 1. The molecular weight excluding hydrogens is 576 g/mol. The predicted molar refractivity (Wildman–Crippen MR) is 139 cm³/mol. The van der Waals surface area contributed by atoms with Gasteiger partial charge in [-0.3, -0.25) is 9.69 Å². The van der Waals surface area contributed by atoms with E-state index >= 15 is 0 Å². The lowest BCUT2D eigenvalue weighted by molar-refractivity contribution is -0.123. The molecule has 5 rings (SSSR count). The fourth-order valence-corrected chi connectivity index (χ4v) is 4.55. The van der Waals surface area contributed by atoms with Crippen molar-refractivity contribution in [1.82, 2.24) is 10.2 Å². The lowest BCUT2D eigenvalue weighted by Crippen LogP contribution is -2.30. The van der Waals surface area contributed by atoms with Crippen molar-refractivity contribution in [3.05, 3.63) is 75.3 Å². The number of imide groups is 1. The Hall–Kier alpha value is -4.45. The minimum atomic E-state index is -0.655. The highest BCUT2D eigenvalue weighted by molar-refractivity contribution is 9.10. The third-order valence-corrected chi connectivity index (χ3v) is 6.38. The number of benzene rings is 2. The zero-order chi connectivity index (χ0) is 27.5. The first-order chi connectivity index (χ1) is 18.9. The van der Waals surface area contributed by atoms with Crippen molar-refractivity contribution in [2.75, 3.05) is 20.5 Å². The van der Waals surface area contributed by atoms with E-state index in [9.17, 15) is 14.4 Å². The number of ether oxygens (including phenoxy) is 5. The molecular formula is C27H23BrN2O9. The number of hydrogen-bond acceptors (Lipinski definition) is 9.